The van der Waals surface area contributed by atoms with Gasteiger partial charge in [-0.15, -0.1) is 0 Å². The molecule has 0 unspecified atom stereocenters. The summed E-state index contributed by atoms with van der Waals surface area (Å²) in [7, 11) is 0. The van der Waals surface area contributed by atoms with E-state index in [1.807, 2.05) is 19.1 Å². The number of benzene rings is 1. The lowest BCUT2D eigenvalue weighted by atomic mass is 9.97. The third-order valence-corrected chi connectivity index (χ3v) is 5.35. The Labute approximate surface area is 156 Å². The summed E-state index contributed by atoms with van der Waals surface area (Å²) in [5, 5.41) is 0. The minimum Gasteiger partial charge on any atom is -0.465 e. The van der Waals surface area contributed by atoms with Gasteiger partial charge in [-0.1, -0.05) is 19.1 Å². The molecule has 4 heteroatoms. The van der Waals surface area contributed by atoms with Gasteiger partial charge in [0.15, 0.2) is 0 Å². The summed E-state index contributed by atoms with van der Waals surface area (Å²) in [6, 6.07) is 11.1. The van der Waals surface area contributed by atoms with Crippen molar-refractivity contribution < 1.29 is 8.81 Å². The third kappa shape index (κ3) is 5.68. The van der Waals surface area contributed by atoms with Gasteiger partial charge in [0.1, 0.15) is 17.3 Å². The third-order valence-electron chi connectivity index (χ3n) is 5.35. The van der Waals surface area contributed by atoms with E-state index in [9.17, 15) is 4.39 Å². The van der Waals surface area contributed by atoms with Crippen molar-refractivity contribution in [3.05, 3.63) is 59.3 Å². The minimum atomic E-state index is -0.134. The van der Waals surface area contributed by atoms with Crippen LogP contribution in [-0.4, -0.2) is 42.5 Å². The number of hydrogen-bond acceptors (Lipinski definition) is 3. The highest BCUT2D eigenvalue weighted by atomic mass is 19.1. The molecule has 3 rings (SSSR count). The maximum absolute atomic E-state index is 13.3. The van der Waals surface area contributed by atoms with Crippen LogP contribution in [0, 0.1) is 18.7 Å². The van der Waals surface area contributed by atoms with Crippen molar-refractivity contribution in [1.82, 2.24) is 9.80 Å². The second-order valence-electron chi connectivity index (χ2n) is 7.53. The van der Waals surface area contributed by atoms with Crippen LogP contribution in [0.5, 0.6) is 0 Å². The highest BCUT2D eigenvalue weighted by Crippen LogP contribution is 2.20. The Bertz CT molecular complexity index is 684. The molecule has 1 atom stereocenters. The fourth-order valence-corrected chi connectivity index (χ4v) is 3.94. The summed E-state index contributed by atoms with van der Waals surface area (Å²) in [5.41, 5.74) is 1.09. The molecule has 0 aliphatic carbocycles. The molecule has 1 aromatic carbocycles. The number of aryl methyl sites for hydroxylation is 1. The first-order valence-corrected chi connectivity index (χ1v) is 9.87. The van der Waals surface area contributed by atoms with E-state index in [1.165, 1.54) is 18.9 Å². The summed E-state index contributed by atoms with van der Waals surface area (Å²) < 4.78 is 19.1. The van der Waals surface area contributed by atoms with E-state index in [-0.39, 0.29) is 5.82 Å². The van der Waals surface area contributed by atoms with Crippen molar-refractivity contribution in [1.29, 1.82) is 0 Å². The van der Waals surface area contributed by atoms with Crippen LogP contribution in [0.2, 0.25) is 0 Å². The molecule has 1 aliphatic rings. The molecular formula is C22H31FN2O. The van der Waals surface area contributed by atoms with Crippen LogP contribution in [0.4, 0.5) is 4.39 Å². The van der Waals surface area contributed by atoms with Crippen LogP contribution in [-0.2, 0) is 13.0 Å². The van der Waals surface area contributed by atoms with E-state index >= 15 is 0 Å². The first-order chi connectivity index (χ1) is 12.6. The minimum absolute atomic E-state index is 0.134. The second-order valence-corrected chi connectivity index (χ2v) is 7.53. The Morgan fingerprint density at radius 3 is 2.88 bits per heavy atom. The standard InChI is InChI=1S/C22H31FN2O/c1-3-24(17-22-10-9-18(2)26-22)15-20-7-5-12-25(16-20)13-11-19-6-4-8-21(23)14-19/h4,6,8-10,14,20H,3,5,7,11-13,15-17H2,1-2H3/t20-/m0/s1. The Kier molecular flexibility index (Phi) is 6.86. The van der Waals surface area contributed by atoms with Crippen LogP contribution in [0.3, 0.4) is 0 Å². The molecule has 1 aliphatic heterocycles. The van der Waals surface area contributed by atoms with Crippen molar-refractivity contribution in [3.63, 3.8) is 0 Å². The fourth-order valence-electron chi connectivity index (χ4n) is 3.94. The quantitative estimate of drug-likeness (QED) is 0.692. The number of hydrogen-bond donors (Lipinski definition) is 0. The van der Waals surface area contributed by atoms with Gasteiger partial charge in [0.25, 0.3) is 0 Å². The average molecular weight is 359 g/mol. The van der Waals surface area contributed by atoms with Gasteiger partial charge in [-0.25, -0.2) is 4.39 Å². The molecular weight excluding hydrogens is 327 g/mol. The van der Waals surface area contributed by atoms with Crippen LogP contribution in [0.15, 0.2) is 40.8 Å². The van der Waals surface area contributed by atoms with Crippen molar-refractivity contribution in [3.8, 4) is 0 Å². The smallest absolute Gasteiger partial charge is 0.123 e. The SMILES string of the molecule is CCN(Cc1ccc(C)o1)C[C@@H]1CCCN(CCc2cccc(F)c2)C1. The summed E-state index contributed by atoms with van der Waals surface area (Å²) in [6.07, 6.45) is 3.48. The van der Waals surface area contributed by atoms with Gasteiger partial charge in [-0.3, -0.25) is 4.90 Å². The molecule has 0 N–H and O–H groups in total. The average Bonchev–Trinajstić information content (AvgIpc) is 3.05. The van der Waals surface area contributed by atoms with Gasteiger partial charge >= 0.3 is 0 Å². The number of furan rings is 1. The fraction of sp³-hybridized carbons (Fsp3) is 0.545. The predicted octanol–water partition coefficient (Wildman–Crippen LogP) is 4.50. The molecule has 0 bridgehead atoms. The molecule has 142 valence electrons. The molecule has 1 fully saturated rings. The summed E-state index contributed by atoms with van der Waals surface area (Å²) in [5.74, 6) is 2.61. The number of rotatable bonds is 8. The lowest BCUT2D eigenvalue weighted by molar-refractivity contribution is 0.129. The molecule has 0 radical (unpaired) electrons. The zero-order valence-electron chi connectivity index (χ0n) is 16.1. The number of piperidine rings is 1. The van der Waals surface area contributed by atoms with Gasteiger partial charge < -0.3 is 9.32 Å². The van der Waals surface area contributed by atoms with E-state index in [0.717, 1.165) is 62.8 Å². The summed E-state index contributed by atoms with van der Waals surface area (Å²) >= 11 is 0. The largest absolute Gasteiger partial charge is 0.465 e. The lowest BCUT2D eigenvalue weighted by Crippen LogP contribution is -2.41. The summed E-state index contributed by atoms with van der Waals surface area (Å²) in [4.78, 5) is 5.03. The van der Waals surface area contributed by atoms with E-state index in [1.54, 1.807) is 12.1 Å². The highest BCUT2D eigenvalue weighted by molar-refractivity contribution is 5.16. The Hall–Kier alpha value is -1.65. The maximum Gasteiger partial charge on any atom is 0.123 e. The first-order valence-electron chi connectivity index (χ1n) is 9.87. The molecule has 0 spiro atoms. The molecule has 26 heavy (non-hydrogen) atoms. The number of nitrogens with zero attached hydrogens (tertiary/aromatic N) is 2. The van der Waals surface area contributed by atoms with Crippen molar-refractivity contribution in [2.24, 2.45) is 5.92 Å². The van der Waals surface area contributed by atoms with E-state index in [0.29, 0.717) is 5.92 Å². The maximum atomic E-state index is 13.3. The number of likely N-dealkylation sites (tertiary alicyclic amines) is 1. The van der Waals surface area contributed by atoms with Gasteiger partial charge in [-0.05, 0) is 75.0 Å². The molecule has 2 heterocycles. The topological polar surface area (TPSA) is 19.6 Å². The molecule has 3 nitrogen and oxygen atoms in total. The molecule has 0 saturated carbocycles. The molecule has 1 aromatic heterocycles. The molecule has 0 amide bonds. The lowest BCUT2D eigenvalue weighted by Gasteiger charge is -2.35. The van der Waals surface area contributed by atoms with Crippen LogP contribution in [0.1, 0.15) is 36.8 Å². The molecule has 2 aromatic rings. The normalized spacial score (nSPS) is 18.5. The Morgan fingerprint density at radius 1 is 1.27 bits per heavy atom. The van der Waals surface area contributed by atoms with E-state index < -0.39 is 0 Å². The summed E-state index contributed by atoms with van der Waals surface area (Å²) in [6.45, 7) is 10.6. The van der Waals surface area contributed by atoms with Crippen LogP contribution in [0.25, 0.3) is 0 Å². The zero-order chi connectivity index (χ0) is 18.4. The second kappa shape index (κ2) is 9.33. The zero-order valence-corrected chi connectivity index (χ0v) is 16.1. The Morgan fingerprint density at radius 2 is 2.15 bits per heavy atom. The first kappa shape index (κ1) is 19.1. The highest BCUT2D eigenvalue weighted by Gasteiger charge is 2.22. The van der Waals surface area contributed by atoms with E-state index in [4.69, 9.17) is 4.42 Å². The van der Waals surface area contributed by atoms with Crippen LogP contribution < -0.4 is 0 Å². The molecule has 1 saturated heterocycles. The van der Waals surface area contributed by atoms with Gasteiger partial charge in [0, 0.05) is 19.6 Å². The Balaban J connectivity index is 1.47. The van der Waals surface area contributed by atoms with Crippen molar-refractivity contribution in [2.75, 3.05) is 32.7 Å². The van der Waals surface area contributed by atoms with Crippen molar-refractivity contribution >= 4 is 0 Å². The van der Waals surface area contributed by atoms with Gasteiger partial charge in [0.2, 0.25) is 0 Å². The van der Waals surface area contributed by atoms with Crippen molar-refractivity contribution in [2.45, 2.75) is 39.7 Å². The number of halogens is 1. The van der Waals surface area contributed by atoms with Gasteiger partial charge in [0.05, 0.1) is 6.54 Å². The predicted molar refractivity (Wildman–Crippen MR) is 104 cm³/mol. The van der Waals surface area contributed by atoms with Crippen LogP contribution >= 0.6 is 0 Å². The van der Waals surface area contributed by atoms with E-state index in [2.05, 4.69) is 22.8 Å². The van der Waals surface area contributed by atoms with Gasteiger partial charge in [-0.2, -0.15) is 0 Å². The monoisotopic (exact) mass is 358 g/mol.